The minimum absolute atomic E-state index is 0.00273. The predicted molar refractivity (Wildman–Crippen MR) is 173 cm³/mol. The topological polar surface area (TPSA) is 138 Å². The van der Waals surface area contributed by atoms with Crippen LogP contribution in [0, 0.1) is 5.92 Å². The second-order valence-corrected chi connectivity index (χ2v) is 11.7. The number of esters is 1. The number of aromatic nitrogens is 3. The fourth-order valence-corrected chi connectivity index (χ4v) is 6.43. The van der Waals surface area contributed by atoms with Crippen LogP contribution in [0.5, 0.6) is 0 Å². The van der Waals surface area contributed by atoms with E-state index in [0.29, 0.717) is 67.0 Å². The van der Waals surface area contributed by atoms with Gasteiger partial charge in [-0.05, 0) is 55.0 Å². The van der Waals surface area contributed by atoms with E-state index in [9.17, 15) is 19.5 Å². The first-order valence-corrected chi connectivity index (χ1v) is 15.6. The van der Waals surface area contributed by atoms with E-state index in [1.807, 2.05) is 54.6 Å². The molecule has 0 fully saturated rings. The minimum atomic E-state index is -1.88. The molecule has 46 heavy (non-hydrogen) atoms. The summed E-state index contributed by atoms with van der Waals surface area (Å²) in [4.78, 5) is 42.7. The highest BCUT2D eigenvalue weighted by Crippen LogP contribution is 2.49. The first-order valence-electron chi connectivity index (χ1n) is 15.6. The van der Waals surface area contributed by atoms with Gasteiger partial charge in [0.1, 0.15) is 0 Å². The van der Waals surface area contributed by atoms with Gasteiger partial charge in [-0.3, -0.25) is 24.0 Å². The molecule has 11 heteroatoms. The van der Waals surface area contributed by atoms with E-state index in [1.54, 1.807) is 39.7 Å². The number of hydrogen-bond donors (Lipinski definition) is 2. The molecule has 2 amide bonds. The van der Waals surface area contributed by atoms with E-state index in [0.717, 1.165) is 16.5 Å². The van der Waals surface area contributed by atoms with Crippen molar-refractivity contribution in [1.29, 1.82) is 0 Å². The molecule has 0 aliphatic carbocycles. The van der Waals surface area contributed by atoms with Gasteiger partial charge in [-0.2, -0.15) is 0 Å². The van der Waals surface area contributed by atoms with Crippen molar-refractivity contribution in [2.75, 3.05) is 30.1 Å². The molecule has 238 valence electrons. The van der Waals surface area contributed by atoms with Crippen molar-refractivity contribution in [1.82, 2.24) is 15.0 Å². The molecule has 0 bridgehead atoms. The zero-order valence-electron chi connectivity index (χ0n) is 25.9. The van der Waals surface area contributed by atoms with Gasteiger partial charge in [-0.1, -0.05) is 48.6 Å². The normalized spacial score (nSPS) is 17.8. The fourth-order valence-electron chi connectivity index (χ4n) is 6.43. The Kier molecular flexibility index (Phi) is 8.70. The van der Waals surface area contributed by atoms with E-state index >= 15 is 0 Å². The lowest BCUT2D eigenvalue weighted by atomic mass is 9.82. The summed E-state index contributed by atoms with van der Waals surface area (Å²) in [6, 6.07) is 16.8. The highest BCUT2D eigenvalue weighted by atomic mass is 16.5. The lowest BCUT2D eigenvalue weighted by Crippen LogP contribution is -2.44. The third-order valence-electron chi connectivity index (χ3n) is 8.87. The summed E-state index contributed by atoms with van der Waals surface area (Å²) in [6.07, 6.45) is 7.87. The summed E-state index contributed by atoms with van der Waals surface area (Å²) >= 11 is 0. The molecule has 4 aromatic rings. The van der Waals surface area contributed by atoms with Crippen molar-refractivity contribution in [2.45, 2.75) is 51.2 Å². The lowest BCUT2D eigenvalue weighted by molar-refractivity contribution is -0.140. The van der Waals surface area contributed by atoms with Crippen LogP contribution in [0.4, 0.5) is 17.1 Å². The summed E-state index contributed by atoms with van der Waals surface area (Å²) in [5, 5.41) is 31.4. The average Bonchev–Trinajstić information content (AvgIpc) is 3.70. The van der Waals surface area contributed by atoms with Crippen molar-refractivity contribution in [3.05, 3.63) is 89.8 Å². The number of aryl methyl sites for hydroxylation is 1. The number of rotatable bonds is 13. The Morgan fingerprint density at radius 2 is 1.87 bits per heavy atom. The molecule has 3 heterocycles. The zero-order valence-corrected chi connectivity index (χ0v) is 25.9. The molecule has 0 radical (unpaired) electrons. The lowest BCUT2D eigenvalue weighted by Gasteiger charge is -2.28. The summed E-state index contributed by atoms with van der Waals surface area (Å²) in [5.41, 5.74) is 1.77. The number of carbonyl (C=O) groups is 3. The highest BCUT2D eigenvalue weighted by Gasteiger charge is 2.52. The van der Waals surface area contributed by atoms with Gasteiger partial charge in [0.25, 0.3) is 11.8 Å². The van der Waals surface area contributed by atoms with Crippen LogP contribution < -0.4 is 9.80 Å². The van der Waals surface area contributed by atoms with E-state index in [-0.39, 0.29) is 24.9 Å². The van der Waals surface area contributed by atoms with E-state index < -0.39 is 17.4 Å². The molecule has 2 atom stereocenters. The van der Waals surface area contributed by atoms with Crippen molar-refractivity contribution in [2.24, 2.45) is 5.92 Å². The number of carbonyl (C=O) groups excluding carboxylic acids is 3. The number of aliphatic hydroxyl groups is 2. The molecule has 0 saturated carbocycles. The number of benzene rings is 3. The van der Waals surface area contributed by atoms with Gasteiger partial charge in [-0.15, -0.1) is 5.10 Å². The van der Waals surface area contributed by atoms with Crippen molar-refractivity contribution in [3.8, 4) is 0 Å². The van der Waals surface area contributed by atoms with Crippen LogP contribution in [0.15, 0.2) is 72.9 Å². The van der Waals surface area contributed by atoms with Gasteiger partial charge in [0.2, 0.25) is 0 Å². The second-order valence-electron chi connectivity index (χ2n) is 11.7. The van der Waals surface area contributed by atoms with Crippen LogP contribution >= 0.6 is 0 Å². The van der Waals surface area contributed by atoms with Gasteiger partial charge in [0.05, 0.1) is 29.7 Å². The summed E-state index contributed by atoms with van der Waals surface area (Å²) in [7, 11) is 1.35. The van der Waals surface area contributed by atoms with E-state index in [4.69, 9.17) is 9.84 Å². The maximum atomic E-state index is 14.1. The van der Waals surface area contributed by atoms with Crippen LogP contribution in [-0.4, -0.2) is 63.3 Å². The number of anilines is 3. The molecule has 1 aromatic heterocycles. The average molecular weight is 624 g/mol. The molecule has 2 aliphatic rings. The minimum Gasteiger partial charge on any atom is -0.469 e. The number of hydrogen-bond acceptors (Lipinski definition) is 8. The van der Waals surface area contributed by atoms with Gasteiger partial charge < -0.3 is 19.8 Å². The van der Waals surface area contributed by atoms with Crippen molar-refractivity contribution >= 4 is 45.6 Å². The molecule has 2 aliphatic heterocycles. The van der Waals surface area contributed by atoms with Gasteiger partial charge in [0, 0.05) is 61.3 Å². The number of aliphatic hydroxyl groups excluding tert-OH is 1. The Bertz CT molecular complexity index is 1830. The Morgan fingerprint density at radius 3 is 2.65 bits per heavy atom. The third-order valence-corrected chi connectivity index (χ3v) is 8.87. The first kappa shape index (κ1) is 31.1. The zero-order chi connectivity index (χ0) is 32.4. The Balaban J connectivity index is 1.30. The second kappa shape index (κ2) is 12.9. The van der Waals surface area contributed by atoms with Crippen LogP contribution in [0.25, 0.3) is 10.8 Å². The largest absolute Gasteiger partial charge is 0.469 e. The van der Waals surface area contributed by atoms with Crippen LogP contribution in [0.2, 0.25) is 0 Å². The van der Waals surface area contributed by atoms with Crippen molar-refractivity contribution < 1.29 is 29.3 Å². The molecule has 0 saturated heterocycles. The Hall–Kier alpha value is -4.87. The number of methoxy groups -OCH3 is 1. The van der Waals surface area contributed by atoms with Crippen LogP contribution in [-0.2, 0) is 32.9 Å². The number of nitrogens with zero attached hydrogens (tertiary/aromatic N) is 5. The van der Waals surface area contributed by atoms with E-state index in [1.165, 1.54) is 7.11 Å². The standard InChI is InChI=1S/C35H37N5O6/c1-23(9-3-5-18-38-22-25(17-20-41)36-37-38)35(45)28-21-26(15-16-29(28)39(34(35)44)19-6-4-14-31(42)46-2)40-30-13-8-11-24-10-7-12-27(32(24)30)33(40)43/h3,7-13,15-16,21-23,41,45H,4-6,14,17-20H2,1-2H3/b9-3+/t23-,35+/m1/s1. The van der Waals surface area contributed by atoms with Crippen LogP contribution in [0.1, 0.15) is 54.2 Å². The summed E-state index contributed by atoms with van der Waals surface area (Å²) in [6.45, 7) is 2.67. The maximum Gasteiger partial charge on any atom is 0.305 e. The molecular weight excluding hydrogens is 586 g/mol. The molecule has 0 spiro atoms. The van der Waals surface area contributed by atoms with Gasteiger partial charge in [0.15, 0.2) is 5.60 Å². The fraction of sp³-hybridized carbons (Fsp3) is 0.343. The molecule has 2 N–H and O–H groups in total. The Morgan fingerprint density at radius 1 is 1.07 bits per heavy atom. The smallest absolute Gasteiger partial charge is 0.305 e. The number of ether oxygens (including phenoxy) is 1. The predicted octanol–water partition coefficient (Wildman–Crippen LogP) is 4.42. The third kappa shape index (κ3) is 5.45. The highest BCUT2D eigenvalue weighted by molar-refractivity contribution is 6.28. The number of fused-ring (bicyclic) bond motifs is 1. The maximum absolute atomic E-state index is 14.1. The molecule has 0 unspecified atom stereocenters. The first-order chi connectivity index (χ1) is 22.3. The molecule has 11 nitrogen and oxygen atoms in total. The monoisotopic (exact) mass is 623 g/mol. The van der Waals surface area contributed by atoms with Crippen molar-refractivity contribution in [3.63, 3.8) is 0 Å². The van der Waals surface area contributed by atoms with Gasteiger partial charge >= 0.3 is 5.97 Å². The molecule has 6 rings (SSSR count). The SMILES string of the molecule is COC(=O)CCCCN1C(=O)[C@](O)([C@H](C)/C=C/CCn2cc(CCO)nn2)c2cc(N3C(=O)c4cccc5cccc3c45)ccc21. The van der Waals surface area contributed by atoms with E-state index in [2.05, 4.69) is 10.3 Å². The van der Waals surface area contributed by atoms with Crippen LogP contribution in [0.3, 0.4) is 0 Å². The number of amides is 2. The van der Waals surface area contributed by atoms with Gasteiger partial charge in [-0.25, -0.2) is 0 Å². The Labute approximate surface area is 266 Å². The quantitative estimate of drug-likeness (QED) is 0.127. The summed E-state index contributed by atoms with van der Waals surface area (Å²) < 4.78 is 6.44. The number of allylic oxidation sites excluding steroid dienone is 1. The molecule has 3 aromatic carbocycles. The number of unbranched alkanes of at least 4 members (excludes halogenated alkanes) is 1. The molecular formula is C35H37N5O6. The summed E-state index contributed by atoms with van der Waals surface area (Å²) in [5.74, 6) is -1.53.